The minimum atomic E-state index is -0.963. The molecule has 2 aromatic rings. The number of carbonyl (C=O) groups is 1. The highest BCUT2D eigenvalue weighted by atomic mass is 16.5. The third-order valence-electron chi connectivity index (χ3n) is 3.06. The van der Waals surface area contributed by atoms with E-state index in [4.69, 9.17) is 19.3 Å². The molecule has 7 nitrogen and oxygen atoms in total. The van der Waals surface area contributed by atoms with Gasteiger partial charge in [0.05, 0.1) is 31.4 Å². The van der Waals surface area contributed by atoms with Gasteiger partial charge in [-0.15, -0.1) is 0 Å². The van der Waals surface area contributed by atoms with Crippen molar-refractivity contribution in [2.24, 2.45) is 0 Å². The lowest BCUT2D eigenvalue weighted by atomic mass is 10.2. The Morgan fingerprint density at radius 2 is 2.10 bits per heavy atom. The van der Waals surface area contributed by atoms with Crippen LogP contribution in [0.5, 0.6) is 17.5 Å². The zero-order valence-electron chi connectivity index (χ0n) is 11.0. The molecular formula is C13H14N2O5. The summed E-state index contributed by atoms with van der Waals surface area (Å²) in [6.45, 7) is 0.938. The Bertz CT molecular complexity index is 664. The van der Waals surface area contributed by atoms with Crippen molar-refractivity contribution >= 4 is 17.0 Å². The largest absolute Gasteiger partial charge is 0.489 e. The van der Waals surface area contributed by atoms with E-state index >= 15 is 0 Å². The molecule has 1 aliphatic heterocycles. The maximum absolute atomic E-state index is 11.0. The van der Waals surface area contributed by atoms with Crippen LogP contribution in [-0.2, 0) is 11.3 Å². The molecule has 0 unspecified atom stereocenters. The fourth-order valence-corrected chi connectivity index (χ4v) is 2.20. The normalized spacial score (nSPS) is 14.1. The highest BCUT2D eigenvalue weighted by Gasteiger charge is 2.19. The summed E-state index contributed by atoms with van der Waals surface area (Å²) in [7, 11) is 1.46. The van der Waals surface area contributed by atoms with Crippen LogP contribution in [0.1, 0.15) is 6.42 Å². The second-order valence-electron chi connectivity index (χ2n) is 4.42. The summed E-state index contributed by atoms with van der Waals surface area (Å²) in [6.07, 6.45) is 0.810. The Morgan fingerprint density at radius 1 is 1.40 bits per heavy atom. The number of rotatable bonds is 3. The third-order valence-corrected chi connectivity index (χ3v) is 3.06. The maximum Gasteiger partial charge on any atom is 0.323 e. The molecule has 1 aromatic carbocycles. The molecule has 1 aromatic heterocycles. The molecule has 2 heterocycles. The van der Waals surface area contributed by atoms with Crippen molar-refractivity contribution in [2.45, 2.75) is 13.0 Å². The van der Waals surface area contributed by atoms with Crippen LogP contribution >= 0.6 is 0 Å². The topological polar surface area (TPSA) is 82.8 Å². The van der Waals surface area contributed by atoms with E-state index in [1.807, 2.05) is 0 Å². The molecule has 1 aliphatic rings. The fourth-order valence-electron chi connectivity index (χ4n) is 2.20. The molecular weight excluding hydrogens is 264 g/mol. The minimum Gasteiger partial charge on any atom is -0.489 e. The molecule has 7 heteroatoms. The summed E-state index contributed by atoms with van der Waals surface area (Å²) in [4.78, 5) is 15.2. The number of nitrogens with zero attached hydrogens (tertiary/aromatic N) is 2. The quantitative estimate of drug-likeness (QED) is 0.911. The second-order valence-corrected chi connectivity index (χ2v) is 4.42. The van der Waals surface area contributed by atoms with Crippen LogP contribution in [0.15, 0.2) is 12.1 Å². The monoisotopic (exact) mass is 278 g/mol. The molecule has 0 fully saturated rings. The average molecular weight is 278 g/mol. The maximum atomic E-state index is 11.0. The number of methoxy groups -OCH3 is 1. The average Bonchev–Trinajstić information content (AvgIpc) is 2.60. The van der Waals surface area contributed by atoms with Crippen LogP contribution in [-0.4, -0.2) is 41.0 Å². The Kier molecular flexibility index (Phi) is 3.09. The van der Waals surface area contributed by atoms with Crippen molar-refractivity contribution < 1.29 is 24.1 Å². The number of carboxylic acid groups (broad SMARTS) is 1. The van der Waals surface area contributed by atoms with E-state index in [0.29, 0.717) is 35.7 Å². The molecule has 0 atom stereocenters. The Balaban J connectivity index is 2.16. The molecule has 20 heavy (non-hydrogen) atoms. The van der Waals surface area contributed by atoms with E-state index in [9.17, 15) is 4.79 Å². The van der Waals surface area contributed by atoms with Crippen molar-refractivity contribution in [2.75, 3.05) is 20.3 Å². The number of aromatic nitrogens is 2. The van der Waals surface area contributed by atoms with Gasteiger partial charge in [-0.05, 0) is 0 Å². The van der Waals surface area contributed by atoms with Crippen LogP contribution in [0.4, 0.5) is 0 Å². The highest BCUT2D eigenvalue weighted by molar-refractivity contribution is 5.83. The molecule has 0 amide bonds. The van der Waals surface area contributed by atoms with Gasteiger partial charge in [0.2, 0.25) is 0 Å². The first kappa shape index (κ1) is 12.6. The van der Waals surface area contributed by atoms with E-state index in [1.54, 1.807) is 12.1 Å². The summed E-state index contributed by atoms with van der Waals surface area (Å²) >= 11 is 0. The van der Waals surface area contributed by atoms with E-state index in [2.05, 4.69) is 4.98 Å². The first-order chi connectivity index (χ1) is 9.69. The van der Waals surface area contributed by atoms with Crippen LogP contribution in [0.3, 0.4) is 0 Å². The number of benzene rings is 1. The summed E-state index contributed by atoms with van der Waals surface area (Å²) in [6, 6.07) is 3.74. The van der Waals surface area contributed by atoms with Gasteiger partial charge in [0.25, 0.3) is 6.01 Å². The van der Waals surface area contributed by atoms with Gasteiger partial charge in [-0.2, -0.15) is 4.98 Å². The summed E-state index contributed by atoms with van der Waals surface area (Å²) in [5.41, 5.74) is 1.26. The van der Waals surface area contributed by atoms with Gasteiger partial charge in [0.1, 0.15) is 6.54 Å². The van der Waals surface area contributed by atoms with Crippen molar-refractivity contribution in [1.29, 1.82) is 0 Å². The van der Waals surface area contributed by atoms with Crippen molar-refractivity contribution in [3.63, 3.8) is 0 Å². The van der Waals surface area contributed by atoms with Crippen LogP contribution in [0.25, 0.3) is 11.0 Å². The molecule has 0 saturated carbocycles. The number of carboxylic acids is 1. The lowest BCUT2D eigenvalue weighted by molar-refractivity contribution is -0.137. The summed E-state index contributed by atoms with van der Waals surface area (Å²) in [5.74, 6) is 0.261. The fraction of sp³-hybridized carbons (Fsp3) is 0.385. The van der Waals surface area contributed by atoms with Crippen molar-refractivity contribution in [1.82, 2.24) is 9.55 Å². The first-order valence-electron chi connectivity index (χ1n) is 6.24. The van der Waals surface area contributed by atoms with Gasteiger partial charge in [-0.3, -0.25) is 9.36 Å². The van der Waals surface area contributed by atoms with Crippen molar-refractivity contribution in [3.8, 4) is 17.5 Å². The molecule has 0 spiro atoms. The first-order valence-corrected chi connectivity index (χ1v) is 6.24. The van der Waals surface area contributed by atoms with Gasteiger partial charge >= 0.3 is 5.97 Å². The lowest BCUT2D eigenvalue weighted by Crippen LogP contribution is -2.10. The number of hydrogen-bond acceptors (Lipinski definition) is 5. The lowest BCUT2D eigenvalue weighted by Gasteiger charge is -2.08. The minimum absolute atomic E-state index is 0.223. The molecule has 1 N–H and O–H groups in total. The Morgan fingerprint density at radius 3 is 2.75 bits per heavy atom. The number of fused-ring (bicyclic) bond motifs is 2. The summed E-state index contributed by atoms with van der Waals surface area (Å²) in [5, 5.41) is 8.99. The molecule has 0 radical (unpaired) electrons. The number of imidazole rings is 1. The van der Waals surface area contributed by atoms with Crippen LogP contribution in [0, 0.1) is 0 Å². The smallest absolute Gasteiger partial charge is 0.323 e. The second kappa shape index (κ2) is 4.92. The predicted octanol–water partition coefficient (Wildman–Crippen LogP) is 1.29. The molecule has 3 rings (SSSR count). The predicted molar refractivity (Wildman–Crippen MR) is 69.5 cm³/mol. The van der Waals surface area contributed by atoms with Gasteiger partial charge < -0.3 is 19.3 Å². The summed E-state index contributed by atoms with van der Waals surface area (Å²) < 4.78 is 17.8. The van der Waals surface area contributed by atoms with E-state index in [1.165, 1.54) is 11.7 Å². The molecule has 0 bridgehead atoms. The molecule has 106 valence electrons. The number of hydrogen-bond donors (Lipinski definition) is 1. The highest BCUT2D eigenvalue weighted by Crippen LogP contribution is 2.35. The number of ether oxygens (including phenoxy) is 3. The van der Waals surface area contributed by atoms with E-state index in [0.717, 1.165) is 6.42 Å². The van der Waals surface area contributed by atoms with Crippen molar-refractivity contribution in [3.05, 3.63) is 12.1 Å². The third kappa shape index (κ3) is 2.11. The Hall–Kier alpha value is -2.44. The van der Waals surface area contributed by atoms with Crippen LogP contribution < -0.4 is 14.2 Å². The molecule has 0 aliphatic carbocycles. The SMILES string of the molecule is COc1nc2cc3c(cc2n1CC(=O)O)OCCCO3. The van der Waals surface area contributed by atoms with E-state index < -0.39 is 5.97 Å². The van der Waals surface area contributed by atoms with Gasteiger partial charge in [0.15, 0.2) is 11.5 Å². The Labute approximate surface area is 114 Å². The van der Waals surface area contributed by atoms with E-state index in [-0.39, 0.29) is 12.6 Å². The van der Waals surface area contributed by atoms with Gasteiger partial charge in [-0.25, -0.2) is 0 Å². The van der Waals surface area contributed by atoms with Gasteiger partial charge in [-0.1, -0.05) is 0 Å². The molecule has 0 saturated heterocycles. The standard InChI is InChI=1S/C13H14N2O5/c1-18-13-14-8-5-10-11(20-4-2-3-19-10)6-9(8)15(13)7-12(16)17/h5-6H,2-4,7H2,1H3,(H,16,17). The van der Waals surface area contributed by atoms with Gasteiger partial charge in [0, 0.05) is 18.6 Å². The zero-order chi connectivity index (χ0) is 14.1. The number of aliphatic carboxylic acids is 1. The zero-order valence-corrected chi connectivity index (χ0v) is 11.0. The van der Waals surface area contributed by atoms with Crippen LogP contribution in [0.2, 0.25) is 0 Å².